The summed E-state index contributed by atoms with van der Waals surface area (Å²) in [7, 11) is -3.70. The smallest absolute Gasteiger partial charge is 0.268 e. The average Bonchev–Trinajstić information content (AvgIpc) is 3.18. The van der Waals surface area contributed by atoms with E-state index in [1.54, 1.807) is 28.2 Å². The van der Waals surface area contributed by atoms with Crippen molar-refractivity contribution in [2.24, 2.45) is 5.92 Å². The average molecular weight is 410 g/mol. The Bertz CT molecular complexity index is 1090. The van der Waals surface area contributed by atoms with E-state index in [9.17, 15) is 13.2 Å². The van der Waals surface area contributed by atoms with Crippen molar-refractivity contribution in [3.05, 3.63) is 66.4 Å². The first kappa shape index (κ1) is 19.9. The van der Waals surface area contributed by atoms with Gasteiger partial charge in [0.2, 0.25) is 0 Å². The number of carbonyl (C=O) groups excluding carboxylic acids is 1. The molecule has 1 heterocycles. The van der Waals surface area contributed by atoms with Crippen molar-refractivity contribution in [1.29, 1.82) is 0 Å². The first-order valence-corrected chi connectivity index (χ1v) is 11.9. The highest BCUT2D eigenvalue weighted by Gasteiger charge is 2.28. The predicted molar refractivity (Wildman–Crippen MR) is 116 cm³/mol. The van der Waals surface area contributed by atoms with Gasteiger partial charge >= 0.3 is 0 Å². The third-order valence-corrected chi connectivity index (χ3v) is 7.86. The van der Waals surface area contributed by atoms with Crippen molar-refractivity contribution in [2.75, 3.05) is 0 Å². The maximum Gasteiger partial charge on any atom is 0.268 e. The zero-order valence-electron chi connectivity index (χ0n) is 16.5. The molecule has 0 spiro atoms. The van der Waals surface area contributed by atoms with Gasteiger partial charge < -0.3 is 4.79 Å². The Morgan fingerprint density at radius 1 is 0.828 bits per heavy atom. The summed E-state index contributed by atoms with van der Waals surface area (Å²) in [5, 5.41) is 0.939. The van der Waals surface area contributed by atoms with Gasteiger partial charge in [0.05, 0.1) is 10.4 Å². The number of aromatic nitrogens is 1. The van der Waals surface area contributed by atoms with Crippen LogP contribution >= 0.6 is 0 Å². The summed E-state index contributed by atoms with van der Waals surface area (Å²) in [6.45, 7) is 0. The van der Waals surface area contributed by atoms with E-state index in [0.29, 0.717) is 4.90 Å². The summed E-state index contributed by atoms with van der Waals surface area (Å²) in [5.41, 5.74) is 1.57. The van der Waals surface area contributed by atoms with Crippen LogP contribution in [0.2, 0.25) is 0 Å². The van der Waals surface area contributed by atoms with E-state index in [-0.39, 0.29) is 11.8 Å². The molecule has 2 aromatic carbocycles. The Hall–Kier alpha value is -2.40. The van der Waals surface area contributed by atoms with Gasteiger partial charge in [0.15, 0.2) is 0 Å². The molecule has 1 fully saturated rings. The molecule has 29 heavy (non-hydrogen) atoms. The number of carbonyl (C=O) groups is 1. The first-order chi connectivity index (χ1) is 14.1. The zero-order valence-corrected chi connectivity index (χ0v) is 17.4. The van der Waals surface area contributed by atoms with Gasteiger partial charge in [0, 0.05) is 22.9 Å². The van der Waals surface area contributed by atoms with E-state index in [2.05, 4.69) is 0 Å². The molecular formula is C24H27NO3S. The normalized spacial score (nSPS) is 21.2. The SMILES string of the molecule is O=CC1CCCCCC(c2cc3ccccc3n2S(=O)(=O)c2ccccc2)CC1. The highest BCUT2D eigenvalue weighted by atomic mass is 32.2. The molecule has 1 aliphatic carbocycles. The molecule has 1 aromatic heterocycles. The topological polar surface area (TPSA) is 56.1 Å². The van der Waals surface area contributed by atoms with Crippen LogP contribution < -0.4 is 0 Å². The molecule has 4 rings (SSSR count). The summed E-state index contributed by atoms with van der Waals surface area (Å²) in [6, 6.07) is 18.4. The molecule has 1 aliphatic rings. The second-order valence-electron chi connectivity index (χ2n) is 8.02. The van der Waals surface area contributed by atoms with Crippen LogP contribution in [0.15, 0.2) is 65.6 Å². The van der Waals surface area contributed by atoms with E-state index in [1.165, 1.54) is 0 Å². The van der Waals surface area contributed by atoms with Crippen molar-refractivity contribution >= 4 is 27.2 Å². The lowest BCUT2D eigenvalue weighted by Gasteiger charge is -2.20. The fraction of sp³-hybridized carbons (Fsp3) is 0.375. The molecule has 0 radical (unpaired) electrons. The lowest BCUT2D eigenvalue weighted by molar-refractivity contribution is -0.111. The molecule has 0 bridgehead atoms. The van der Waals surface area contributed by atoms with E-state index in [0.717, 1.165) is 67.8 Å². The maximum absolute atomic E-state index is 13.6. The largest absolute Gasteiger partial charge is 0.303 e. The standard InChI is InChI=1S/C24H27NO3S/c26-18-19-9-3-1-4-10-20(16-15-19)24-17-21-11-7-8-14-23(21)25(24)29(27,28)22-12-5-2-6-13-22/h2,5-8,11-14,17-20H,1,3-4,9-10,15-16H2. The second kappa shape index (κ2) is 8.54. The van der Waals surface area contributed by atoms with Crippen LogP contribution in [-0.2, 0) is 14.8 Å². The summed E-state index contributed by atoms with van der Waals surface area (Å²) in [4.78, 5) is 11.7. The van der Waals surface area contributed by atoms with E-state index in [1.807, 2.05) is 36.4 Å². The number of nitrogens with zero attached hydrogens (tertiary/aromatic N) is 1. The van der Waals surface area contributed by atoms with Crippen LogP contribution in [0.1, 0.15) is 56.6 Å². The lowest BCUT2D eigenvalue weighted by Crippen LogP contribution is -2.18. The van der Waals surface area contributed by atoms with Crippen LogP contribution in [-0.4, -0.2) is 18.7 Å². The number of rotatable bonds is 4. The Balaban J connectivity index is 1.84. The van der Waals surface area contributed by atoms with Gasteiger partial charge in [-0.3, -0.25) is 0 Å². The van der Waals surface area contributed by atoms with Gasteiger partial charge in [-0.05, 0) is 49.9 Å². The van der Waals surface area contributed by atoms with Gasteiger partial charge in [0.1, 0.15) is 6.29 Å². The molecule has 0 aliphatic heterocycles. The zero-order chi connectivity index (χ0) is 20.3. The Kier molecular flexibility index (Phi) is 5.86. The van der Waals surface area contributed by atoms with Crippen molar-refractivity contribution in [3.63, 3.8) is 0 Å². The molecule has 2 unspecified atom stereocenters. The van der Waals surface area contributed by atoms with Gasteiger partial charge in [-0.1, -0.05) is 55.7 Å². The molecule has 4 nitrogen and oxygen atoms in total. The minimum atomic E-state index is -3.70. The minimum absolute atomic E-state index is 0.0826. The van der Waals surface area contributed by atoms with Gasteiger partial charge in [-0.2, -0.15) is 0 Å². The highest BCUT2D eigenvalue weighted by Crippen LogP contribution is 2.37. The van der Waals surface area contributed by atoms with Crippen molar-refractivity contribution in [1.82, 2.24) is 3.97 Å². The second-order valence-corrected chi connectivity index (χ2v) is 9.81. The minimum Gasteiger partial charge on any atom is -0.303 e. The molecule has 3 aromatic rings. The van der Waals surface area contributed by atoms with Crippen molar-refractivity contribution in [3.8, 4) is 0 Å². The van der Waals surface area contributed by atoms with Crippen molar-refractivity contribution in [2.45, 2.75) is 55.8 Å². The van der Waals surface area contributed by atoms with Gasteiger partial charge in [-0.15, -0.1) is 0 Å². The molecule has 0 saturated heterocycles. The fourth-order valence-electron chi connectivity index (χ4n) is 4.51. The van der Waals surface area contributed by atoms with Crippen molar-refractivity contribution < 1.29 is 13.2 Å². The Labute approximate surface area is 172 Å². The molecule has 152 valence electrons. The molecule has 0 N–H and O–H groups in total. The van der Waals surface area contributed by atoms with Gasteiger partial charge in [0.25, 0.3) is 10.0 Å². The number of hydrogen-bond donors (Lipinski definition) is 0. The molecule has 5 heteroatoms. The number of para-hydroxylation sites is 1. The van der Waals surface area contributed by atoms with Gasteiger partial charge in [-0.25, -0.2) is 12.4 Å². The number of aldehydes is 1. The van der Waals surface area contributed by atoms with Crippen LogP contribution in [0.4, 0.5) is 0 Å². The van der Waals surface area contributed by atoms with Crippen LogP contribution in [0, 0.1) is 5.92 Å². The third-order valence-electron chi connectivity index (χ3n) is 6.10. The van der Waals surface area contributed by atoms with E-state index < -0.39 is 10.0 Å². The number of benzene rings is 2. The predicted octanol–water partition coefficient (Wildman–Crippen LogP) is 5.52. The van der Waals surface area contributed by atoms with E-state index in [4.69, 9.17) is 0 Å². The summed E-state index contributed by atoms with van der Waals surface area (Å²) >= 11 is 0. The Morgan fingerprint density at radius 2 is 1.55 bits per heavy atom. The molecule has 1 saturated carbocycles. The number of hydrogen-bond acceptors (Lipinski definition) is 3. The highest BCUT2D eigenvalue weighted by molar-refractivity contribution is 7.90. The van der Waals surface area contributed by atoms with Crippen LogP contribution in [0.3, 0.4) is 0 Å². The summed E-state index contributed by atoms with van der Waals surface area (Å²) in [6.07, 6.45) is 7.86. The van der Waals surface area contributed by atoms with Crippen LogP contribution in [0.25, 0.3) is 10.9 Å². The fourth-order valence-corrected chi connectivity index (χ4v) is 6.13. The monoisotopic (exact) mass is 409 g/mol. The lowest BCUT2D eigenvalue weighted by atomic mass is 9.91. The maximum atomic E-state index is 13.6. The molecule has 0 amide bonds. The molecule has 2 atom stereocenters. The Morgan fingerprint density at radius 3 is 2.34 bits per heavy atom. The first-order valence-electron chi connectivity index (χ1n) is 10.5. The third kappa shape index (κ3) is 4.01. The van der Waals surface area contributed by atoms with E-state index >= 15 is 0 Å². The molecular weight excluding hydrogens is 382 g/mol. The summed E-state index contributed by atoms with van der Waals surface area (Å²) in [5.74, 6) is 0.209. The number of fused-ring (bicyclic) bond motifs is 1. The quantitative estimate of drug-likeness (QED) is 0.533. The van der Waals surface area contributed by atoms with Crippen LogP contribution in [0.5, 0.6) is 0 Å². The summed E-state index contributed by atoms with van der Waals surface area (Å²) < 4.78 is 28.8.